The largest absolute Gasteiger partial charge is 0.466 e. The SMILES string of the molecule is CCOC(=O)CCCCCc1[nH]c(=O)[nH]c1C=O. The minimum absolute atomic E-state index is 0.180. The van der Waals surface area contributed by atoms with Gasteiger partial charge >= 0.3 is 11.7 Å². The van der Waals surface area contributed by atoms with Crippen LogP contribution in [0.4, 0.5) is 0 Å². The van der Waals surface area contributed by atoms with Crippen molar-refractivity contribution >= 4 is 12.3 Å². The molecule has 0 radical (unpaired) electrons. The van der Waals surface area contributed by atoms with E-state index < -0.39 is 0 Å². The first-order valence-corrected chi connectivity index (χ1v) is 6.09. The Kier molecular flexibility index (Phi) is 5.90. The minimum atomic E-state index is -0.362. The number of aromatic nitrogens is 2. The second-order valence-electron chi connectivity index (χ2n) is 3.95. The molecule has 2 N–H and O–H groups in total. The number of carbonyl (C=O) groups excluding carboxylic acids is 2. The zero-order valence-corrected chi connectivity index (χ0v) is 10.5. The van der Waals surface area contributed by atoms with Crippen molar-refractivity contribution in [2.45, 2.75) is 39.0 Å². The zero-order valence-electron chi connectivity index (χ0n) is 10.5. The highest BCUT2D eigenvalue weighted by molar-refractivity contribution is 5.73. The van der Waals surface area contributed by atoms with Gasteiger partial charge in [0.25, 0.3) is 0 Å². The van der Waals surface area contributed by atoms with E-state index in [9.17, 15) is 14.4 Å². The summed E-state index contributed by atoms with van der Waals surface area (Å²) in [5.41, 5.74) is 0.579. The number of rotatable bonds is 8. The molecule has 0 aliphatic heterocycles. The zero-order chi connectivity index (χ0) is 13.4. The van der Waals surface area contributed by atoms with E-state index in [4.69, 9.17) is 4.74 Å². The molecule has 0 spiro atoms. The number of hydrogen-bond acceptors (Lipinski definition) is 4. The summed E-state index contributed by atoms with van der Waals surface area (Å²) in [6.45, 7) is 2.19. The van der Waals surface area contributed by atoms with E-state index in [0.717, 1.165) is 19.3 Å². The Morgan fingerprint density at radius 1 is 1.28 bits per heavy atom. The standard InChI is InChI=1S/C12H18N2O4/c1-2-18-11(16)7-5-3-4-6-9-10(8-15)14-12(17)13-9/h8H,2-7H2,1H3,(H2,13,14,17). The number of ether oxygens (including phenoxy) is 1. The number of H-pyrrole nitrogens is 2. The van der Waals surface area contributed by atoms with E-state index in [1.165, 1.54) is 0 Å². The lowest BCUT2D eigenvalue weighted by Crippen LogP contribution is -2.03. The molecule has 0 aromatic carbocycles. The maximum Gasteiger partial charge on any atom is 0.323 e. The van der Waals surface area contributed by atoms with Gasteiger partial charge in [-0.15, -0.1) is 0 Å². The highest BCUT2D eigenvalue weighted by atomic mass is 16.5. The molecule has 0 unspecified atom stereocenters. The van der Waals surface area contributed by atoms with Gasteiger partial charge in [0, 0.05) is 12.1 Å². The summed E-state index contributed by atoms with van der Waals surface area (Å²) >= 11 is 0. The van der Waals surface area contributed by atoms with Crippen LogP contribution in [0.25, 0.3) is 0 Å². The molecule has 100 valence electrons. The number of aldehydes is 1. The fraction of sp³-hybridized carbons (Fsp3) is 0.583. The van der Waals surface area contributed by atoms with Crippen LogP contribution in [0.5, 0.6) is 0 Å². The van der Waals surface area contributed by atoms with E-state index in [2.05, 4.69) is 9.97 Å². The normalized spacial score (nSPS) is 10.3. The Balaban J connectivity index is 2.23. The summed E-state index contributed by atoms with van der Waals surface area (Å²) in [5.74, 6) is -0.180. The molecule has 1 heterocycles. The topological polar surface area (TPSA) is 92.0 Å². The predicted octanol–water partition coefficient (Wildman–Crippen LogP) is 1.18. The minimum Gasteiger partial charge on any atom is -0.466 e. The number of esters is 1. The molecule has 1 aromatic rings. The van der Waals surface area contributed by atoms with Crippen molar-refractivity contribution in [1.82, 2.24) is 9.97 Å². The van der Waals surface area contributed by atoms with Crippen molar-refractivity contribution in [1.29, 1.82) is 0 Å². The monoisotopic (exact) mass is 254 g/mol. The first kappa shape index (κ1) is 14.2. The molecule has 0 fully saturated rings. The third-order valence-electron chi connectivity index (χ3n) is 2.57. The van der Waals surface area contributed by atoms with Crippen LogP contribution >= 0.6 is 0 Å². The average molecular weight is 254 g/mol. The Morgan fingerprint density at radius 2 is 2.06 bits per heavy atom. The summed E-state index contributed by atoms with van der Waals surface area (Å²) in [6, 6.07) is 0. The van der Waals surface area contributed by atoms with Crippen LogP contribution in [0.2, 0.25) is 0 Å². The summed E-state index contributed by atoms with van der Waals surface area (Å²) < 4.78 is 4.81. The van der Waals surface area contributed by atoms with E-state index in [0.29, 0.717) is 37.1 Å². The van der Waals surface area contributed by atoms with Gasteiger partial charge in [0.05, 0.1) is 6.61 Å². The smallest absolute Gasteiger partial charge is 0.323 e. The van der Waals surface area contributed by atoms with Crippen LogP contribution in [0.1, 0.15) is 48.8 Å². The molecule has 0 amide bonds. The van der Waals surface area contributed by atoms with Gasteiger partial charge in [0.15, 0.2) is 6.29 Å². The first-order chi connectivity index (χ1) is 8.67. The molecule has 6 heteroatoms. The highest BCUT2D eigenvalue weighted by Crippen LogP contribution is 2.07. The second kappa shape index (κ2) is 7.47. The van der Waals surface area contributed by atoms with Gasteiger partial charge in [-0.25, -0.2) is 4.79 Å². The molecule has 18 heavy (non-hydrogen) atoms. The summed E-state index contributed by atoms with van der Waals surface area (Å²) in [4.78, 5) is 37.7. The number of aryl methyl sites for hydroxylation is 1. The van der Waals surface area contributed by atoms with E-state index >= 15 is 0 Å². The fourth-order valence-corrected chi connectivity index (χ4v) is 1.71. The molecular formula is C12H18N2O4. The van der Waals surface area contributed by atoms with Crippen molar-refractivity contribution in [3.05, 3.63) is 21.9 Å². The lowest BCUT2D eigenvalue weighted by atomic mass is 10.1. The first-order valence-electron chi connectivity index (χ1n) is 6.09. The quantitative estimate of drug-likeness (QED) is 0.414. The molecule has 0 atom stereocenters. The van der Waals surface area contributed by atoms with Crippen LogP contribution in [0.3, 0.4) is 0 Å². The Hall–Kier alpha value is -1.85. The highest BCUT2D eigenvalue weighted by Gasteiger charge is 2.06. The van der Waals surface area contributed by atoms with Crippen LogP contribution in [-0.4, -0.2) is 28.8 Å². The fourth-order valence-electron chi connectivity index (χ4n) is 1.71. The lowest BCUT2D eigenvalue weighted by Gasteiger charge is -2.01. The molecular weight excluding hydrogens is 236 g/mol. The van der Waals surface area contributed by atoms with Crippen molar-refractivity contribution in [3.8, 4) is 0 Å². The predicted molar refractivity (Wildman–Crippen MR) is 65.6 cm³/mol. The van der Waals surface area contributed by atoms with Gasteiger partial charge < -0.3 is 14.7 Å². The molecule has 0 saturated carbocycles. The second-order valence-corrected chi connectivity index (χ2v) is 3.95. The van der Waals surface area contributed by atoms with E-state index in [1.807, 2.05) is 0 Å². The van der Waals surface area contributed by atoms with Gasteiger partial charge in [0.2, 0.25) is 0 Å². The number of imidazole rings is 1. The van der Waals surface area contributed by atoms with E-state index in [-0.39, 0.29) is 11.7 Å². The number of hydrogen-bond donors (Lipinski definition) is 2. The average Bonchev–Trinajstić information content (AvgIpc) is 2.69. The number of aromatic amines is 2. The third-order valence-corrected chi connectivity index (χ3v) is 2.57. The number of unbranched alkanes of at least 4 members (excludes halogenated alkanes) is 2. The molecule has 0 bridgehead atoms. The molecule has 0 aliphatic rings. The van der Waals surface area contributed by atoms with Crippen LogP contribution in [0, 0.1) is 0 Å². The molecule has 1 aromatic heterocycles. The maximum absolute atomic E-state index is 11.1. The summed E-state index contributed by atoms with van der Waals surface area (Å²) in [5, 5.41) is 0. The molecule has 0 aliphatic carbocycles. The van der Waals surface area contributed by atoms with Crippen molar-refractivity contribution in [2.24, 2.45) is 0 Å². The summed E-state index contributed by atoms with van der Waals surface area (Å²) in [7, 11) is 0. The van der Waals surface area contributed by atoms with Gasteiger partial charge in [0.1, 0.15) is 5.69 Å². The van der Waals surface area contributed by atoms with Crippen LogP contribution < -0.4 is 5.69 Å². The molecule has 6 nitrogen and oxygen atoms in total. The molecule has 1 rings (SSSR count). The van der Waals surface area contributed by atoms with Gasteiger partial charge in [-0.2, -0.15) is 0 Å². The Morgan fingerprint density at radius 3 is 2.72 bits per heavy atom. The number of carbonyl (C=O) groups is 2. The van der Waals surface area contributed by atoms with Gasteiger partial charge in [-0.1, -0.05) is 6.42 Å². The van der Waals surface area contributed by atoms with Crippen molar-refractivity contribution in [2.75, 3.05) is 6.61 Å². The maximum atomic E-state index is 11.1. The van der Waals surface area contributed by atoms with Gasteiger partial charge in [-0.05, 0) is 26.2 Å². The van der Waals surface area contributed by atoms with Crippen LogP contribution in [-0.2, 0) is 16.0 Å². The van der Waals surface area contributed by atoms with Gasteiger partial charge in [-0.3, -0.25) is 9.59 Å². The molecule has 0 saturated heterocycles. The van der Waals surface area contributed by atoms with E-state index in [1.54, 1.807) is 6.92 Å². The van der Waals surface area contributed by atoms with Crippen molar-refractivity contribution in [3.63, 3.8) is 0 Å². The van der Waals surface area contributed by atoms with Crippen LogP contribution in [0.15, 0.2) is 4.79 Å². The summed E-state index contributed by atoms with van der Waals surface area (Å²) in [6.07, 6.45) is 4.09. The number of nitrogens with one attached hydrogen (secondary N) is 2. The van der Waals surface area contributed by atoms with Crippen molar-refractivity contribution < 1.29 is 14.3 Å². The Labute approximate surface area is 105 Å². The Bertz CT molecular complexity index is 447. The lowest BCUT2D eigenvalue weighted by molar-refractivity contribution is -0.143. The third kappa shape index (κ3) is 4.57.